The van der Waals surface area contributed by atoms with Crippen molar-refractivity contribution in [2.24, 2.45) is 0 Å². The highest BCUT2D eigenvalue weighted by molar-refractivity contribution is 5.89. The Kier molecular flexibility index (Phi) is 7.62. The third kappa shape index (κ3) is 4.95. The molecule has 36 heavy (non-hydrogen) atoms. The molecule has 4 nitrogen and oxygen atoms in total. The largest absolute Gasteiger partial charge is 0.489 e. The van der Waals surface area contributed by atoms with Gasteiger partial charge in [-0.3, -0.25) is 0 Å². The Morgan fingerprint density at radius 1 is 1.06 bits per heavy atom. The number of rotatable bonds is 6. The third-order valence-electron chi connectivity index (χ3n) is 7.00. The lowest BCUT2D eigenvalue weighted by molar-refractivity contribution is 0.0696. The molecule has 2 N–H and O–H groups in total. The summed E-state index contributed by atoms with van der Waals surface area (Å²) in [4.78, 5) is 11.7. The number of aromatic carboxylic acids is 1. The van der Waals surface area contributed by atoms with Crippen LogP contribution in [0.5, 0.6) is 5.75 Å². The van der Waals surface area contributed by atoms with Gasteiger partial charge in [-0.15, -0.1) is 12.4 Å². The minimum absolute atomic E-state index is 0. The van der Waals surface area contributed by atoms with Gasteiger partial charge in [-0.2, -0.15) is 0 Å². The Labute approximate surface area is 216 Å². The van der Waals surface area contributed by atoms with Crippen molar-refractivity contribution in [2.45, 2.75) is 38.3 Å². The lowest BCUT2D eigenvalue weighted by Crippen LogP contribution is -2.37. The van der Waals surface area contributed by atoms with Gasteiger partial charge < -0.3 is 15.2 Å². The normalized spacial score (nSPS) is 17.5. The number of nitrogens with one attached hydrogen (secondary N) is 1. The van der Waals surface area contributed by atoms with Crippen LogP contribution in [0.2, 0.25) is 0 Å². The highest BCUT2D eigenvalue weighted by Gasteiger charge is 2.30. The Hall–Kier alpha value is -3.41. The summed E-state index contributed by atoms with van der Waals surface area (Å²) in [5, 5.41) is 14.7. The lowest BCUT2D eigenvalue weighted by Gasteiger charge is -2.33. The molecule has 0 radical (unpaired) electrons. The Balaban J connectivity index is 0.00000304. The van der Waals surface area contributed by atoms with E-state index in [9.17, 15) is 14.3 Å². The maximum absolute atomic E-state index is 14.3. The molecule has 0 amide bonds. The quantitative estimate of drug-likeness (QED) is 0.295. The fourth-order valence-electron chi connectivity index (χ4n) is 5.10. The zero-order valence-corrected chi connectivity index (χ0v) is 21.0. The SMILES string of the molecule is Cc1ccc([C@@H]2C[C@H](CN[C@H](C)c3ccc(F)c4ccccc34)Oc3ccccc32)cc1C(=O)O.Cl. The van der Waals surface area contributed by atoms with Crippen LogP contribution in [0.1, 0.15) is 57.9 Å². The van der Waals surface area contributed by atoms with Crippen LogP contribution < -0.4 is 10.1 Å². The first-order valence-electron chi connectivity index (χ1n) is 11.9. The van der Waals surface area contributed by atoms with Gasteiger partial charge in [0.15, 0.2) is 0 Å². The number of hydrogen-bond donors (Lipinski definition) is 2. The van der Waals surface area contributed by atoms with Crippen molar-refractivity contribution >= 4 is 29.1 Å². The summed E-state index contributed by atoms with van der Waals surface area (Å²) in [6.07, 6.45) is 0.627. The molecule has 0 spiro atoms. The van der Waals surface area contributed by atoms with Gasteiger partial charge in [0.2, 0.25) is 0 Å². The van der Waals surface area contributed by atoms with Crippen LogP contribution in [0.25, 0.3) is 10.8 Å². The molecule has 0 fully saturated rings. The number of ether oxygens (including phenoxy) is 1. The standard InChI is InChI=1S/C30H28FNO3.ClH/c1-18-11-12-20(15-26(18)30(33)34)27-16-21(35-29-10-6-5-9-25(27)29)17-32-19(2)22-13-14-28(31)24-8-4-3-7-23(22)24;/h3-15,19,21,27,32H,16-17H2,1-2H3,(H,33,34);1H/t19-,21-,27+;/m1./s1. The molecule has 1 aliphatic rings. The summed E-state index contributed by atoms with van der Waals surface area (Å²) in [6, 6.07) is 24.6. The molecule has 3 atom stereocenters. The third-order valence-corrected chi connectivity index (χ3v) is 7.00. The van der Waals surface area contributed by atoms with Crippen molar-refractivity contribution in [2.75, 3.05) is 6.54 Å². The van der Waals surface area contributed by atoms with Crippen molar-refractivity contribution in [3.8, 4) is 5.75 Å². The van der Waals surface area contributed by atoms with Gasteiger partial charge >= 0.3 is 5.97 Å². The van der Waals surface area contributed by atoms with Gasteiger partial charge in [-0.05, 0) is 60.5 Å². The smallest absolute Gasteiger partial charge is 0.335 e. The number of hydrogen-bond acceptors (Lipinski definition) is 3. The first kappa shape index (κ1) is 25.7. The molecule has 0 aliphatic carbocycles. The summed E-state index contributed by atoms with van der Waals surface area (Å²) < 4.78 is 20.6. The zero-order chi connectivity index (χ0) is 24.5. The van der Waals surface area contributed by atoms with Crippen molar-refractivity contribution in [3.05, 3.63) is 112 Å². The topological polar surface area (TPSA) is 58.6 Å². The summed E-state index contributed by atoms with van der Waals surface area (Å²) in [5.41, 5.74) is 4.17. The van der Waals surface area contributed by atoms with E-state index >= 15 is 0 Å². The first-order chi connectivity index (χ1) is 16.9. The first-order valence-corrected chi connectivity index (χ1v) is 11.9. The molecule has 4 aromatic carbocycles. The van der Waals surface area contributed by atoms with Crippen LogP contribution >= 0.6 is 12.4 Å². The van der Waals surface area contributed by atoms with E-state index in [0.717, 1.165) is 39.8 Å². The minimum atomic E-state index is -0.914. The van der Waals surface area contributed by atoms with Gasteiger partial charge in [0, 0.05) is 29.5 Å². The second-order valence-corrected chi connectivity index (χ2v) is 9.26. The Bertz CT molecular complexity index is 1410. The van der Waals surface area contributed by atoms with Gasteiger partial charge in [-0.25, -0.2) is 9.18 Å². The fourth-order valence-corrected chi connectivity index (χ4v) is 5.10. The van der Waals surface area contributed by atoms with Crippen molar-refractivity contribution < 1.29 is 19.0 Å². The van der Waals surface area contributed by atoms with E-state index in [4.69, 9.17) is 4.74 Å². The molecule has 1 heterocycles. The van der Waals surface area contributed by atoms with Gasteiger partial charge in [-0.1, -0.05) is 60.7 Å². The molecular weight excluding hydrogens is 477 g/mol. The molecule has 5 rings (SSSR count). The van der Waals surface area contributed by atoms with E-state index in [1.54, 1.807) is 12.1 Å². The van der Waals surface area contributed by atoms with Gasteiger partial charge in [0.25, 0.3) is 0 Å². The molecule has 4 aromatic rings. The van der Waals surface area contributed by atoms with Crippen LogP contribution in [0, 0.1) is 12.7 Å². The average Bonchev–Trinajstić information content (AvgIpc) is 2.87. The predicted molar refractivity (Wildman–Crippen MR) is 143 cm³/mol. The van der Waals surface area contributed by atoms with Crippen LogP contribution in [-0.2, 0) is 0 Å². The lowest BCUT2D eigenvalue weighted by atomic mass is 9.83. The van der Waals surface area contributed by atoms with Crippen molar-refractivity contribution in [1.82, 2.24) is 5.32 Å². The van der Waals surface area contributed by atoms with Crippen LogP contribution in [0.15, 0.2) is 78.9 Å². The number of halogens is 2. The molecule has 0 unspecified atom stereocenters. The van der Waals surface area contributed by atoms with E-state index in [-0.39, 0.29) is 36.3 Å². The van der Waals surface area contributed by atoms with E-state index in [1.807, 2.05) is 61.5 Å². The van der Waals surface area contributed by atoms with E-state index in [0.29, 0.717) is 17.5 Å². The summed E-state index contributed by atoms with van der Waals surface area (Å²) in [6.45, 7) is 4.50. The summed E-state index contributed by atoms with van der Waals surface area (Å²) in [7, 11) is 0. The molecule has 1 aliphatic heterocycles. The second kappa shape index (κ2) is 10.7. The van der Waals surface area contributed by atoms with Gasteiger partial charge in [0.05, 0.1) is 5.56 Å². The molecular formula is C30H29ClFNO3. The number of para-hydroxylation sites is 1. The van der Waals surface area contributed by atoms with Crippen LogP contribution in [0.4, 0.5) is 4.39 Å². The van der Waals surface area contributed by atoms with E-state index in [1.165, 1.54) is 6.07 Å². The summed E-state index contributed by atoms with van der Waals surface area (Å²) >= 11 is 0. The maximum Gasteiger partial charge on any atom is 0.335 e. The molecule has 0 saturated carbocycles. The minimum Gasteiger partial charge on any atom is -0.489 e. The van der Waals surface area contributed by atoms with Crippen LogP contribution in [-0.4, -0.2) is 23.7 Å². The van der Waals surface area contributed by atoms with Gasteiger partial charge in [0.1, 0.15) is 17.7 Å². The number of carboxylic acid groups (broad SMARTS) is 1. The molecule has 0 bridgehead atoms. The Morgan fingerprint density at radius 2 is 1.78 bits per heavy atom. The van der Waals surface area contributed by atoms with Crippen molar-refractivity contribution in [3.63, 3.8) is 0 Å². The van der Waals surface area contributed by atoms with Crippen LogP contribution in [0.3, 0.4) is 0 Å². The maximum atomic E-state index is 14.3. The molecule has 0 saturated heterocycles. The number of fused-ring (bicyclic) bond motifs is 2. The monoisotopic (exact) mass is 505 g/mol. The number of carbonyl (C=O) groups is 1. The highest BCUT2D eigenvalue weighted by atomic mass is 35.5. The second-order valence-electron chi connectivity index (χ2n) is 9.26. The van der Waals surface area contributed by atoms with Crippen molar-refractivity contribution in [1.29, 1.82) is 0 Å². The predicted octanol–water partition coefficient (Wildman–Crippen LogP) is 7.04. The number of aryl methyl sites for hydroxylation is 1. The van der Waals surface area contributed by atoms with E-state index in [2.05, 4.69) is 18.3 Å². The zero-order valence-electron chi connectivity index (χ0n) is 20.2. The fraction of sp³-hybridized carbons (Fsp3) is 0.233. The average molecular weight is 506 g/mol. The summed E-state index contributed by atoms with van der Waals surface area (Å²) in [5.74, 6) is -0.269. The van der Waals surface area contributed by atoms with E-state index < -0.39 is 5.97 Å². The highest BCUT2D eigenvalue weighted by Crippen LogP contribution is 2.41. The molecule has 186 valence electrons. The molecule has 0 aromatic heterocycles. The number of benzene rings is 4. The molecule has 6 heteroatoms. The Morgan fingerprint density at radius 3 is 2.56 bits per heavy atom. The number of carboxylic acids is 1.